The van der Waals surface area contributed by atoms with E-state index < -0.39 is 0 Å². The Balaban J connectivity index is 2.11. The van der Waals surface area contributed by atoms with Gasteiger partial charge < -0.3 is 20.1 Å². The van der Waals surface area contributed by atoms with E-state index in [-0.39, 0.29) is 17.7 Å². The van der Waals surface area contributed by atoms with Gasteiger partial charge in [0.25, 0.3) is 0 Å². The molecule has 19 heavy (non-hydrogen) atoms. The number of amides is 1. The van der Waals surface area contributed by atoms with E-state index in [0.29, 0.717) is 5.75 Å². The molecule has 2 aliphatic heterocycles. The van der Waals surface area contributed by atoms with Crippen molar-refractivity contribution >= 4 is 11.6 Å². The Bertz CT molecular complexity index is 516. The van der Waals surface area contributed by atoms with Crippen molar-refractivity contribution in [3.8, 4) is 11.5 Å². The number of rotatable bonds is 2. The van der Waals surface area contributed by atoms with Crippen molar-refractivity contribution < 1.29 is 14.3 Å². The Hall–Kier alpha value is -1.75. The van der Waals surface area contributed by atoms with Crippen LogP contribution in [0.15, 0.2) is 12.1 Å². The number of piperidine rings is 1. The summed E-state index contributed by atoms with van der Waals surface area (Å²) in [6.45, 7) is 1.67. The molecule has 0 saturated carbocycles. The summed E-state index contributed by atoms with van der Waals surface area (Å²) in [6, 6.07) is 3.82. The molecule has 2 N–H and O–H groups in total. The zero-order valence-corrected chi connectivity index (χ0v) is 11.2. The Morgan fingerprint density at radius 3 is 2.79 bits per heavy atom. The second-order valence-corrected chi connectivity index (χ2v) is 4.99. The largest absolute Gasteiger partial charge is 0.497 e. The lowest BCUT2D eigenvalue weighted by molar-refractivity contribution is -0.121. The van der Waals surface area contributed by atoms with Crippen molar-refractivity contribution in [2.24, 2.45) is 5.92 Å². The number of nitrogens with one attached hydrogen (secondary N) is 2. The number of anilines is 1. The SMILES string of the molecule is COc1cc(OC)c2c(c1)C1CCNCC1C(=O)N2. The monoisotopic (exact) mass is 262 g/mol. The van der Waals surface area contributed by atoms with Crippen molar-refractivity contribution in [1.82, 2.24) is 5.32 Å². The molecule has 1 aromatic rings. The van der Waals surface area contributed by atoms with Gasteiger partial charge in [-0.3, -0.25) is 4.79 Å². The fraction of sp³-hybridized carbons (Fsp3) is 0.500. The number of ether oxygens (including phenoxy) is 2. The standard InChI is InChI=1S/C14H18N2O3/c1-18-8-5-10-9-3-4-15-7-11(9)14(17)16-13(10)12(6-8)19-2/h5-6,9,11,15H,3-4,7H2,1-2H3,(H,16,17). The maximum atomic E-state index is 12.2. The molecule has 2 atom stereocenters. The van der Waals surface area contributed by atoms with Crippen molar-refractivity contribution in [3.63, 3.8) is 0 Å². The molecule has 5 heteroatoms. The summed E-state index contributed by atoms with van der Waals surface area (Å²) in [5.41, 5.74) is 1.93. The lowest BCUT2D eigenvalue weighted by atomic mass is 9.77. The summed E-state index contributed by atoms with van der Waals surface area (Å²) in [5.74, 6) is 1.75. The first kappa shape index (κ1) is 12.3. The van der Waals surface area contributed by atoms with Crippen LogP contribution < -0.4 is 20.1 Å². The molecule has 3 rings (SSSR count). The van der Waals surface area contributed by atoms with E-state index in [0.717, 1.165) is 36.5 Å². The predicted molar refractivity (Wildman–Crippen MR) is 71.9 cm³/mol. The van der Waals surface area contributed by atoms with Gasteiger partial charge in [0.2, 0.25) is 5.91 Å². The van der Waals surface area contributed by atoms with Gasteiger partial charge in [0, 0.05) is 18.5 Å². The number of carbonyl (C=O) groups is 1. The Morgan fingerprint density at radius 2 is 2.05 bits per heavy atom. The first-order chi connectivity index (χ1) is 9.24. The summed E-state index contributed by atoms with van der Waals surface area (Å²) in [5, 5.41) is 6.25. The summed E-state index contributed by atoms with van der Waals surface area (Å²) in [6.07, 6.45) is 0.960. The van der Waals surface area contributed by atoms with E-state index in [9.17, 15) is 4.79 Å². The van der Waals surface area contributed by atoms with Crippen LogP contribution in [0.2, 0.25) is 0 Å². The van der Waals surface area contributed by atoms with Crippen molar-refractivity contribution in [3.05, 3.63) is 17.7 Å². The summed E-state index contributed by atoms with van der Waals surface area (Å²) in [4.78, 5) is 12.2. The maximum Gasteiger partial charge on any atom is 0.229 e. The second kappa shape index (κ2) is 4.74. The normalized spacial score (nSPS) is 25.1. The fourth-order valence-electron chi connectivity index (χ4n) is 3.04. The highest BCUT2D eigenvalue weighted by atomic mass is 16.5. The predicted octanol–water partition coefficient (Wildman–Crippen LogP) is 1.35. The minimum Gasteiger partial charge on any atom is -0.497 e. The number of hydrogen-bond donors (Lipinski definition) is 2. The molecule has 0 aliphatic carbocycles. The van der Waals surface area contributed by atoms with Gasteiger partial charge in [0.1, 0.15) is 11.5 Å². The molecule has 2 unspecified atom stereocenters. The van der Waals surface area contributed by atoms with Crippen LogP contribution >= 0.6 is 0 Å². The van der Waals surface area contributed by atoms with Crippen LogP contribution in [0.3, 0.4) is 0 Å². The maximum absolute atomic E-state index is 12.2. The molecule has 1 fully saturated rings. The van der Waals surface area contributed by atoms with Crippen LogP contribution in [0.25, 0.3) is 0 Å². The van der Waals surface area contributed by atoms with Crippen LogP contribution in [0.5, 0.6) is 11.5 Å². The van der Waals surface area contributed by atoms with E-state index in [2.05, 4.69) is 10.6 Å². The van der Waals surface area contributed by atoms with Crippen LogP contribution in [0.1, 0.15) is 17.9 Å². The molecule has 1 saturated heterocycles. The smallest absolute Gasteiger partial charge is 0.229 e. The van der Waals surface area contributed by atoms with E-state index in [1.54, 1.807) is 20.3 Å². The van der Waals surface area contributed by atoms with Crippen molar-refractivity contribution in [2.45, 2.75) is 12.3 Å². The van der Waals surface area contributed by atoms with Gasteiger partial charge in [-0.05, 0) is 24.6 Å². The van der Waals surface area contributed by atoms with Gasteiger partial charge in [-0.2, -0.15) is 0 Å². The van der Waals surface area contributed by atoms with Gasteiger partial charge in [-0.1, -0.05) is 0 Å². The molecule has 102 valence electrons. The summed E-state index contributed by atoms with van der Waals surface area (Å²) in [7, 11) is 3.25. The third-order valence-corrected chi connectivity index (χ3v) is 4.03. The van der Waals surface area contributed by atoms with Gasteiger partial charge in [-0.25, -0.2) is 0 Å². The molecule has 2 aliphatic rings. The number of methoxy groups -OCH3 is 2. The van der Waals surface area contributed by atoms with Crippen molar-refractivity contribution in [1.29, 1.82) is 0 Å². The zero-order chi connectivity index (χ0) is 13.4. The van der Waals surface area contributed by atoms with Crippen LogP contribution in [0, 0.1) is 5.92 Å². The average molecular weight is 262 g/mol. The highest BCUT2D eigenvalue weighted by Crippen LogP contribution is 2.45. The third-order valence-electron chi connectivity index (χ3n) is 4.03. The molecule has 0 aromatic heterocycles. The molecule has 1 amide bonds. The van der Waals surface area contributed by atoms with E-state index >= 15 is 0 Å². The highest BCUT2D eigenvalue weighted by Gasteiger charge is 2.38. The Morgan fingerprint density at radius 1 is 1.21 bits per heavy atom. The molecule has 2 heterocycles. The Labute approximate surface area is 112 Å². The molecule has 1 aromatic carbocycles. The average Bonchev–Trinajstić information content (AvgIpc) is 2.47. The first-order valence-corrected chi connectivity index (χ1v) is 6.52. The van der Waals surface area contributed by atoms with Gasteiger partial charge in [0.05, 0.1) is 25.8 Å². The van der Waals surface area contributed by atoms with Gasteiger partial charge >= 0.3 is 0 Å². The summed E-state index contributed by atoms with van der Waals surface area (Å²) >= 11 is 0. The lowest BCUT2D eigenvalue weighted by Crippen LogP contribution is -2.45. The first-order valence-electron chi connectivity index (χ1n) is 6.52. The van der Waals surface area contributed by atoms with E-state index in [4.69, 9.17) is 9.47 Å². The Kier molecular flexibility index (Phi) is 3.06. The fourth-order valence-corrected chi connectivity index (χ4v) is 3.04. The number of benzene rings is 1. The number of fused-ring (bicyclic) bond motifs is 3. The minimum absolute atomic E-state index is 0.00179. The van der Waals surface area contributed by atoms with Crippen molar-refractivity contribution in [2.75, 3.05) is 32.6 Å². The lowest BCUT2D eigenvalue weighted by Gasteiger charge is -2.37. The molecular formula is C14H18N2O3. The topological polar surface area (TPSA) is 59.6 Å². The van der Waals surface area contributed by atoms with Gasteiger partial charge in [0.15, 0.2) is 0 Å². The molecule has 0 spiro atoms. The summed E-state index contributed by atoms with van der Waals surface area (Å²) < 4.78 is 10.7. The molecule has 5 nitrogen and oxygen atoms in total. The minimum atomic E-state index is -0.00179. The van der Waals surface area contributed by atoms with E-state index in [1.807, 2.05) is 6.07 Å². The van der Waals surface area contributed by atoms with Crippen LogP contribution in [-0.2, 0) is 4.79 Å². The highest BCUT2D eigenvalue weighted by molar-refractivity contribution is 5.98. The van der Waals surface area contributed by atoms with Gasteiger partial charge in [-0.15, -0.1) is 0 Å². The zero-order valence-electron chi connectivity index (χ0n) is 11.2. The quantitative estimate of drug-likeness (QED) is 0.844. The van der Waals surface area contributed by atoms with E-state index in [1.165, 1.54) is 0 Å². The van der Waals surface area contributed by atoms with Crippen LogP contribution in [0.4, 0.5) is 5.69 Å². The molecule has 0 radical (unpaired) electrons. The third kappa shape index (κ3) is 1.94. The van der Waals surface area contributed by atoms with Crippen LogP contribution in [-0.4, -0.2) is 33.2 Å². The molecule has 0 bridgehead atoms. The second-order valence-electron chi connectivity index (χ2n) is 4.99. The number of hydrogen-bond acceptors (Lipinski definition) is 4. The number of carbonyl (C=O) groups excluding carboxylic acids is 1. The molecular weight excluding hydrogens is 244 g/mol.